The molecule has 1 aliphatic rings. The first-order chi connectivity index (χ1) is 16.2. The average Bonchev–Trinajstić information content (AvgIpc) is 3.29. The number of amides is 2. The fourth-order valence-corrected chi connectivity index (χ4v) is 4.04. The Labute approximate surface area is 195 Å². The molecule has 0 fully saturated rings. The minimum atomic E-state index is -4.31. The predicted octanol–water partition coefficient (Wildman–Crippen LogP) is 3.99. The van der Waals surface area contributed by atoms with E-state index in [4.69, 9.17) is 8.97 Å². The molecule has 2 amide bonds. The van der Waals surface area contributed by atoms with Gasteiger partial charge in [-0.2, -0.15) is 13.7 Å². The third kappa shape index (κ3) is 4.45. The quantitative estimate of drug-likeness (QED) is 0.336. The maximum absolute atomic E-state index is 13.2. The number of imide groups is 1. The van der Waals surface area contributed by atoms with E-state index in [1.807, 2.05) is 12.1 Å². The van der Waals surface area contributed by atoms with Gasteiger partial charge in [0, 0.05) is 11.1 Å². The van der Waals surface area contributed by atoms with Gasteiger partial charge in [0.05, 0.1) is 11.4 Å². The van der Waals surface area contributed by atoms with Crippen LogP contribution in [0.4, 0.5) is 0 Å². The van der Waals surface area contributed by atoms with Crippen LogP contribution in [0.15, 0.2) is 92.8 Å². The van der Waals surface area contributed by atoms with Crippen molar-refractivity contribution < 1.29 is 27.0 Å². The zero-order valence-electron chi connectivity index (χ0n) is 17.9. The minimum Gasteiger partial charge on any atom is -0.457 e. The Morgan fingerprint density at radius 2 is 1.68 bits per heavy atom. The van der Waals surface area contributed by atoms with E-state index in [1.165, 1.54) is 37.3 Å². The number of nitriles is 1. The van der Waals surface area contributed by atoms with Crippen LogP contribution in [0.25, 0.3) is 17.4 Å². The largest absolute Gasteiger partial charge is 0.457 e. The maximum Gasteiger partial charge on any atom is 0.294 e. The van der Waals surface area contributed by atoms with Gasteiger partial charge in [-0.15, -0.1) is 0 Å². The van der Waals surface area contributed by atoms with Crippen LogP contribution >= 0.6 is 0 Å². The number of benzene rings is 2. The number of furan rings is 1. The van der Waals surface area contributed by atoms with Crippen LogP contribution < -0.4 is 0 Å². The van der Waals surface area contributed by atoms with Crippen molar-refractivity contribution >= 4 is 28.0 Å². The second-order valence-electron chi connectivity index (χ2n) is 7.55. The molecule has 9 heteroatoms. The molecular formula is C25H18N2O6S. The molecule has 2 heterocycles. The second kappa shape index (κ2) is 8.94. The highest BCUT2D eigenvalue weighted by Gasteiger charge is 2.35. The molecule has 0 bridgehead atoms. The number of rotatable bonds is 5. The van der Waals surface area contributed by atoms with E-state index in [-0.39, 0.29) is 28.2 Å². The Hall–Kier alpha value is -4.26. The predicted molar refractivity (Wildman–Crippen MR) is 122 cm³/mol. The first-order valence-electron chi connectivity index (χ1n) is 10.1. The zero-order valence-corrected chi connectivity index (χ0v) is 18.7. The van der Waals surface area contributed by atoms with Crippen molar-refractivity contribution in [2.75, 3.05) is 0 Å². The number of carbonyl (C=O) groups excluding carboxylic acids is 2. The summed E-state index contributed by atoms with van der Waals surface area (Å²) in [6.45, 7) is 1.57. The molecule has 0 spiro atoms. The highest BCUT2D eigenvalue weighted by Crippen LogP contribution is 2.30. The lowest BCUT2D eigenvalue weighted by molar-refractivity contribution is -0.141. The molecule has 0 saturated carbocycles. The van der Waals surface area contributed by atoms with Crippen molar-refractivity contribution in [1.29, 1.82) is 5.26 Å². The third-order valence-electron chi connectivity index (χ3n) is 5.36. The van der Waals surface area contributed by atoms with Crippen LogP contribution in [0.1, 0.15) is 18.2 Å². The Morgan fingerprint density at radius 1 is 1.00 bits per heavy atom. The molecule has 0 atom stereocenters. The summed E-state index contributed by atoms with van der Waals surface area (Å²) in [5.74, 6) is -0.481. The molecule has 2 aromatic carbocycles. The van der Waals surface area contributed by atoms with Gasteiger partial charge in [-0.05, 0) is 60.5 Å². The molecule has 1 N–H and O–H groups in total. The molecule has 0 unspecified atom stereocenters. The van der Waals surface area contributed by atoms with Gasteiger partial charge in [0.25, 0.3) is 21.9 Å². The molecule has 1 aromatic heterocycles. The topological polar surface area (TPSA) is 129 Å². The van der Waals surface area contributed by atoms with Gasteiger partial charge >= 0.3 is 0 Å². The molecule has 4 rings (SSSR count). The van der Waals surface area contributed by atoms with E-state index in [9.17, 15) is 23.3 Å². The van der Waals surface area contributed by atoms with E-state index >= 15 is 0 Å². The maximum atomic E-state index is 13.2. The summed E-state index contributed by atoms with van der Waals surface area (Å²) < 4.78 is 37.4. The van der Waals surface area contributed by atoms with Gasteiger partial charge < -0.3 is 4.42 Å². The van der Waals surface area contributed by atoms with E-state index in [2.05, 4.69) is 0 Å². The molecule has 8 nitrogen and oxygen atoms in total. The van der Waals surface area contributed by atoms with Crippen LogP contribution in [0.3, 0.4) is 0 Å². The summed E-state index contributed by atoms with van der Waals surface area (Å²) in [5, 5.41) is 9.54. The molecule has 170 valence electrons. The molecule has 1 aliphatic heterocycles. The van der Waals surface area contributed by atoms with Gasteiger partial charge in [-0.1, -0.05) is 30.3 Å². The van der Waals surface area contributed by atoms with Crippen LogP contribution in [0.2, 0.25) is 0 Å². The summed E-state index contributed by atoms with van der Waals surface area (Å²) >= 11 is 0. The molecule has 34 heavy (non-hydrogen) atoms. The van der Waals surface area contributed by atoms with Gasteiger partial charge in [0.1, 0.15) is 23.2 Å². The first-order valence-corrected chi connectivity index (χ1v) is 11.5. The molecule has 3 aromatic rings. The van der Waals surface area contributed by atoms with Gasteiger partial charge in [0.15, 0.2) is 0 Å². The third-order valence-corrected chi connectivity index (χ3v) is 6.23. The number of hydrogen-bond donors (Lipinski definition) is 1. The first kappa shape index (κ1) is 22.9. The fourth-order valence-electron chi connectivity index (χ4n) is 3.56. The fraction of sp³-hybridized carbons (Fsp3) is 0.0800. The Morgan fingerprint density at radius 3 is 2.29 bits per heavy atom. The van der Waals surface area contributed by atoms with Crippen molar-refractivity contribution in [3.8, 4) is 17.4 Å². The van der Waals surface area contributed by atoms with Crippen LogP contribution in [0, 0.1) is 11.3 Å². The van der Waals surface area contributed by atoms with Crippen molar-refractivity contribution in [3.63, 3.8) is 0 Å². The summed E-state index contributed by atoms with van der Waals surface area (Å²) in [6.07, 6.45) is 1.47. The molecule has 0 radical (unpaired) electrons. The SMILES string of the molecule is CC1=C(C#N)C(=O)N(Cc2ccccc2)C(=O)/C1=C/c1ccc(-c2ccc(S(=O)(=O)O)cc2)o1. The Kier molecular flexibility index (Phi) is 6.03. The number of carbonyl (C=O) groups is 2. The van der Waals surface area contributed by atoms with Crippen LogP contribution in [0.5, 0.6) is 0 Å². The van der Waals surface area contributed by atoms with Crippen molar-refractivity contribution in [1.82, 2.24) is 4.90 Å². The standard InChI is InChI=1S/C25H18N2O6S/c1-16-21(24(28)27(25(29)22(16)14-26)15-17-5-3-2-4-6-17)13-19-9-12-23(33-19)18-7-10-20(11-8-18)34(30,31)32/h2-13H,15H2,1H3,(H,30,31,32)/b21-13+. The van der Waals surface area contributed by atoms with Crippen LogP contribution in [-0.2, 0) is 26.3 Å². The van der Waals surface area contributed by atoms with E-state index in [0.717, 1.165) is 10.5 Å². The molecule has 0 saturated heterocycles. The summed E-state index contributed by atoms with van der Waals surface area (Å²) in [4.78, 5) is 26.8. The normalized spacial score (nSPS) is 15.7. The van der Waals surface area contributed by atoms with Crippen molar-refractivity contribution in [2.24, 2.45) is 0 Å². The molecular weight excluding hydrogens is 456 g/mol. The van der Waals surface area contributed by atoms with Gasteiger partial charge in [-0.3, -0.25) is 19.0 Å². The second-order valence-corrected chi connectivity index (χ2v) is 8.97. The lowest BCUT2D eigenvalue weighted by Gasteiger charge is -2.27. The van der Waals surface area contributed by atoms with Crippen LogP contribution in [-0.4, -0.2) is 29.7 Å². The Balaban J connectivity index is 1.68. The lowest BCUT2D eigenvalue weighted by Crippen LogP contribution is -2.42. The number of hydrogen-bond acceptors (Lipinski definition) is 6. The summed E-state index contributed by atoms with van der Waals surface area (Å²) in [6, 6.07) is 19.6. The lowest BCUT2D eigenvalue weighted by atomic mass is 9.94. The Bertz CT molecular complexity index is 1490. The summed E-state index contributed by atoms with van der Waals surface area (Å²) in [7, 11) is -4.31. The number of nitrogens with zero attached hydrogens (tertiary/aromatic N) is 2. The molecule has 0 aliphatic carbocycles. The minimum absolute atomic E-state index is 0.0256. The average molecular weight is 474 g/mol. The smallest absolute Gasteiger partial charge is 0.294 e. The summed E-state index contributed by atoms with van der Waals surface area (Å²) in [5.41, 5.74) is 1.60. The van der Waals surface area contributed by atoms with E-state index in [1.54, 1.807) is 36.4 Å². The van der Waals surface area contributed by atoms with Crippen molar-refractivity contribution in [3.05, 3.63) is 94.8 Å². The van der Waals surface area contributed by atoms with Gasteiger partial charge in [0.2, 0.25) is 0 Å². The van der Waals surface area contributed by atoms with Crippen molar-refractivity contribution in [2.45, 2.75) is 18.4 Å². The van der Waals surface area contributed by atoms with E-state index in [0.29, 0.717) is 17.1 Å². The zero-order chi connectivity index (χ0) is 24.5. The highest BCUT2D eigenvalue weighted by molar-refractivity contribution is 7.85. The van der Waals surface area contributed by atoms with Gasteiger partial charge in [-0.25, -0.2) is 0 Å². The monoisotopic (exact) mass is 474 g/mol. The highest BCUT2D eigenvalue weighted by atomic mass is 32.2. The van der Waals surface area contributed by atoms with E-state index < -0.39 is 21.9 Å².